The fourth-order valence-corrected chi connectivity index (χ4v) is 3.60. The van der Waals surface area contributed by atoms with E-state index in [9.17, 15) is 22.0 Å². The molecule has 0 unspecified atom stereocenters. The number of carbonyl (C=O) groups excluding carboxylic acids is 1. The van der Waals surface area contributed by atoms with Crippen molar-refractivity contribution in [3.8, 4) is 0 Å². The van der Waals surface area contributed by atoms with Gasteiger partial charge in [-0.3, -0.25) is 4.79 Å². The number of carbonyl (C=O) groups is 1. The predicted octanol–water partition coefficient (Wildman–Crippen LogP) is 3.44. The molecule has 0 aliphatic carbocycles. The minimum atomic E-state index is -3.55. The van der Waals surface area contributed by atoms with Crippen LogP contribution < -0.4 is 10.6 Å². The number of sulfonamides is 1. The first-order chi connectivity index (χ1) is 13.2. The summed E-state index contributed by atoms with van der Waals surface area (Å²) in [4.78, 5) is 12.1. The van der Waals surface area contributed by atoms with Crippen LogP contribution in [-0.4, -0.2) is 38.8 Å². The zero-order chi connectivity index (χ0) is 20.7. The highest BCUT2D eigenvalue weighted by atomic mass is 32.2. The van der Waals surface area contributed by atoms with Gasteiger partial charge in [-0.1, -0.05) is 13.3 Å². The summed E-state index contributed by atoms with van der Waals surface area (Å²) in [5.74, 6) is -2.12. The summed E-state index contributed by atoms with van der Waals surface area (Å²) >= 11 is 0. The Bertz CT molecular complexity index is 919. The molecule has 1 amide bonds. The summed E-state index contributed by atoms with van der Waals surface area (Å²) in [6.45, 7) is 2.26. The number of hydrogen-bond donors (Lipinski definition) is 2. The Kier molecular flexibility index (Phi) is 7.47. The summed E-state index contributed by atoms with van der Waals surface area (Å²) in [5.41, 5.74) is 0.412. The van der Waals surface area contributed by atoms with Crippen LogP contribution in [0, 0.1) is 11.6 Å². The summed E-state index contributed by atoms with van der Waals surface area (Å²) in [6, 6.07) is 8.87. The molecule has 6 nitrogen and oxygen atoms in total. The van der Waals surface area contributed by atoms with Crippen LogP contribution in [0.4, 0.5) is 20.2 Å². The predicted molar refractivity (Wildman–Crippen MR) is 105 cm³/mol. The number of hydrogen-bond acceptors (Lipinski definition) is 4. The molecular weight excluding hydrogens is 388 g/mol. The van der Waals surface area contributed by atoms with Crippen molar-refractivity contribution in [3.63, 3.8) is 0 Å². The minimum absolute atomic E-state index is 0.121. The fraction of sp³-hybridized carbons (Fsp3) is 0.316. The second-order valence-corrected chi connectivity index (χ2v) is 8.28. The summed E-state index contributed by atoms with van der Waals surface area (Å²) in [7, 11) is -2.02. The zero-order valence-electron chi connectivity index (χ0n) is 15.7. The molecule has 2 rings (SSSR count). The molecule has 2 aromatic carbocycles. The number of nitrogens with zero attached hydrogens (tertiary/aromatic N) is 1. The van der Waals surface area contributed by atoms with Gasteiger partial charge in [-0.2, -0.15) is 0 Å². The Morgan fingerprint density at radius 2 is 1.79 bits per heavy atom. The van der Waals surface area contributed by atoms with Crippen LogP contribution in [0.15, 0.2) is 47.4 Å². The third-order valence-corrected chi connectivity index (χ3v) is 5.92. The number of unbranched alkanes of at least 4 members (excludes halogenated alkanes) is 1. The first-order valence-corrected chi connectivity index (χ1v) is 10.2. The second kappa shape index (κ2) is 9.61. The Morgan fingerprint density at radius 1 is 1.11 bits per heavy atom. The molecule has 0 aliphatic rings. The van der Waals surface area contributed by atoms with E-state index in [0.717, 1.165) is 25.0 Å². The van der Waals surface area contributed by atoms with Crippen LogP contribution in [0.1, 0.15) is 19.8 Å². The van der Waals surface area contributed by atoms with Crippen molar-refractivity contribution in [2.45, 2.75) is 24.7 Å². The smallest absolute Gasteiger partial charge is 0.243 e. The molecule has 0 saturated heterocycles. The van der Waals surface area contributed by atoms with Gasteiger partial charge in [0.05, 0.1) is 17.1 Å². The molecule has 0 radical (unpaired) electrons. The lowest BCUT2D eigenvalue weighted by Gasteiger charge is -2.17. The quantitative estimate of drug-likeness (QED) is 0.663. The largest absolute Gasteiger partial charge is 0.376 e. The number of nitrogens with one attached hydrogen (secondary N) is 2. The summed E-state index contributed by atoms with van der Waals surface area (Å²) in [5, 5.41) is 5.15. The Labute approximate surface area is 163 Å². The van der Waals surface area contributed by atoms with Gasteiger partial charge in [-0.25, -0.2) is 21.5 Å². The minimum Gasteiger partial charge on any atom is -0.376 e. The van der Waals surface area contributed by atoms with Crippen molar-refractivity contribution < 1.29 is 22.0 Å². The Morgan fingerprint density at radius 3 is 2.39 bits per heavy atom. The van der Waals surface area contributed by atoms with Gasteiger partial charge in [0.15, 0.2) is 0 Å². The first-order valence-electron chi connectivity index (χ1n) is 8.79. The van der Waals surface area contributed by atoms with E-state index in [4.69, 9.17) is 0 Å². The maximum atomic E-state index is 13.5. The zero-order valence-corrected chi connectivity index (χ0v) is 16.5. The number of amides is 1. The normalized spacial score (nSPS) is 11.5. The van der Waals surface area contributed by atoms with E-state index in [1.807, 2.05) is 6.92 Å². The highest BCUT2D eigenvalue weighted by Crippen LogP contribution is 2.18. The van der Waals surface area contributed by atoms with Crippen LogP contribution in [0.25, 0.3) is 0 Å². The molecule has 152 valence electrons. The van der Waals surface area contributed by atoms with Gasteiger partial charge in [-0.15, -0.1) is 0 Å². The van der Waals surface area contributed by atoms with E-state index in [-0.39, 0.29) is 17.1 Å². The van der Waals surface area contributed by atoms with Gasteiger partial charge in [0.2, 0.25) is 15.9 Å². The van der Waals surface area contributed by atoms with E-state index >= 15 is 0 Å². The maximum absolute atomic E-state index is 13.5. The molecule has 0 fully saturated rings. The summed E-state index contributed by atoms with van der Waals surface area (Å²) < 4.78 is 52.6. The third kappa shape index (κ3) is 5.74. The highest BCUT2D eigenvalue weighted by Gasteiger charge is 2.19. The van der Waals surface area contributed by atoms with Crippen LogP contribution >= 0.6 is 0 Å². The van der Waals surface area contributed by atoms with E-state index in [0.29, 0.717) is 18.3 Å². The van der Waals surface area contributed by atoms with Gasteiger partial charge in [0.1, 0.15) is 11.6 Å². The van der Waals surface area contributed by atoms with Crippen LogP contribution in [-0.2, 0) is 14.8 Å². The molecule has 0 aromatic heterocycles. The van der Waals surface area contributed by atoms with Gasteiger partial charge in [-0.05, 0) is 42.8 Å². The number of rotatable bonds is 9. The second-order valence-electron chi connectivity index (χ2n) is 6.23. The fourth-order valence-electron chi connectivity index (χ4n) is 2.39. The average Bonchev–Trinajstić information content (AvgIpc) is 2.67. The molecule has 0 spiro atoms. The third-order valence-electron chi connectivity index (χ3n) is 4.05. The lowest BCUT2D eigenvalue weighted by atomic mass is 10.3. The van der Waals surface area contributed by atoms with Crippen LogP contribution in [0.5, 0.6) is 0 Å². The highest BCUT2D eigenvalue weighted by molar-refractivity contribution is 7.89. The standard InChI is InChI=1S/C19H23F2N3O3S/c1-3-4-11-24(2)28(26,27)16-8-6-15(7-9-16)22-13-19(25)23-18-10-5-14(20)12-17(18)21/h5-10,12,22H,3-4,11,13H2,1-2H3,(H,23,25). The van der Waals surface area contributed by atoms with Crippen molar-refractivity contribution in [1.82, 2.24) is 4.31 Å². The van der Waals surface area contributed by atoms with Crippen molar-refractivity contribution in [2.75, 3.05) is 30.8 Å². The lowest BCUT2D eigenvalue weighted by Crippen LogP contribution is -2.28. The number of benzene rings is 2. The average molecular weight is 411 g/mol. The van der Waals surface area contributed by atoms with Crippen LogP contribution in [0.3, 0.4) is 0 Å². The van der Waals surface area contributed by atoms with Crippen molar-refractivity contribution in [2.24, 2.45) is 0 Å². The molecule has 0 heterocycles. The molecule has 0 aliphatic heterocycles. The first kappa shape index (κ1) is 21.8. The Balaban J connectivity index is 1.94. The molecule has 0 bridgehead atoms. The number of halogens is 2. The van der Waals surface area contributed by atoms with E-state index in [2.05, 4.69) is 10.6 Å². The monoisotopic (exact) mass is 411 g/mol. The van der Waals surface area contributed by atoms with E-state index < -0.39 is 27.6 Å². The lowest BCUT2D eigenvalue weighted by molar-refractivity contribution is -0.114. The topological polar surface area (TPSA) is 78.5 Å². The molecule has 2 N–H and O–H groups in total. The molecule has 28 heavy (non-hydrogen) atoms. The van der Waals surface area contributed by atoms with Crippen molar-refractivity contribution in [3.05, 3.63) is 54.1 Å². The van der Waals surface area contributed by atoms with Gasteiger partial charge in [0, 0.05) is 25.3 Å². The number of anilines is 2. The molecule has 0 saturated carbocycles. The maximum Gasteiger partial charge on any atom is 0.243 e. The van der Waals surface area contributed by atoms with E-state index in [1.165, 1.54) is 23.5 Å². The molecule has 0 atom stereocenters. The van der Waals surface area contributed by atoms with Crippen molar-refractivity contribution >= 4 is 27.3 Å². The van der Waals surface area contributed by atoms with Gasteiger partial charge >= 0.3 is 0 Å². The van der Waals surface area contributed by atoms with Crippen LogP contribution in [0.2, 0.25) is 0 Å². The summed E-state index contributed by atoms with van der Waals surface area (Å²) in [6.07, 6.45) is 1.67. The van der Waals surface area contributed by atoms with Gasteiger partial charge < -0.3 is 10.6 Å². The Hall–Kier alpha value is -2.52. The van der Waals surface area contributed by atoms with E-state index in [1.54, 1.807) is 12.1 Å². The molecule has 2 aromatic rings. The molecule has 9 heteroatoms. The van der Waals surface area contributed by atoms with Gasteiger partial charge in [0.25, 0.3) is 0 Å². The van der Waals surface area contributed by atoms with Crippen molar-refractivity contribution in [1.29, 1.82) is 0 Å². The molecular formula is C19H23F2N3O3S. The SMILES string of the molecule is CCCCN(C)S(=O)(=O)c1ccc(NCC(=O)Nc2ccc(F)cc2F)cc1.